The third-order valence-electron chi connectivity index (χ3n) is 6.34. The summed E-state index contributed by atoms with van der Waals surface area (Å²) < 4.78 is 0. The number of benzene rings is 2. The fraction of sp³-hybridized carbons (Fsp3) is 0.286. The number of unbranched alkanes of at least 4 members (excludes halogenated alkanes) is 1. The van der Waals surface area contributed by atoms with Crippen LogP contribution in [0.2, 0.25) is 0 Å². The van der Waals surface area contributed by atoms with E-state index >= 15 is 0 Å². The summed E-state index contributed by atoms with van der Waals surface area (Å²) in [6, 6.07) is 17.0. The highest BCUT2D eigenvalue weighted by Crippen LogP contribution is 2.35. The van der Waals surface area contributed by atoms with E-state index in [-0.39, 0.29) is 11.1 Å². The summed E-state index contributed by atoms with van der Waals surface area (Å²) in [4.78, 5) is 36.3. The molecule has 5 rings (SSSR count). The van der Waals surface area contributed by atoms with Crippen LogP contribution in [0.1, 0.15) is 36.1 Å². The van der Waals surface area contributed by atoms with E-state index in [0.29, 0.717) is 4.91 Å². The lowest BCUT2D eigenvalue weighted by Gasteiger charge is -2.30. The van der Waals surface area contributed by atoms with E-state index in [4.69, 9.17) is 9.97 Å². The van der Waals surface area contributed by atoms with Crippen molar-refractivity contribution in [1.82, 2.24) is 15.3 Å². The van der Waals surface area contributed by atoms with Gasteiger partial charge in [-0.3, -0.25) is 14.9 Å². The van der Waals surface area contributed by atoms with Crippen molar-refractivity contribution in [1.29, 1.82) is 0 Å². The predicted octanol–water partition coefficient (Wildman–Crippen LogP) is 5.83. The molecule has 35 heavy (non-hydrogen) atoms. The van der Waals surface area contributed by atoms with E-state index in [1.807, 2.05) is 6.08 Å². The number of aryl methyl sites for hydroxylation is 3. The Morgan fingerprint density at radius 2 is 1.57 bits per heavy atom. The number of hydrogen-bond donors (Lipinski definition) is 1. The van der Waals surface area contributed by atoms with Gasteiger partial charge in [0.2, 0.25) is 0 Å². The summed E-state index contributed by atoms with van der Waals surface area (Å²) in [6.07, 6.45) is 5.40. The topological polar surface area (TPSA) is 75.2 Å². The van der Waals surface area contributed by atoms with Gasteiger partial charge < -0.3 is 4.90 Å². The molecule has 178 valence electrons. The lowest BCUT2D eigenvalue weighted by molar-refractivity contribution is -0.115. The fourth-order valence-corrected chi connectivity index (χ4v) is 5.13. The zero-order chi connectivity index (χ0) is 24.4. The molecule has 0 spiro atoms. The molecule has 0 atom stereocenters. The maximum atomic E-state index is 11.8. The van der Waals surface area contributed by atoms with Gasteiger partial charge in [0.05, 0.1) is 22.0 Å². The molecular weight excluding hydrogens is 456 g/mol. The minimum absolute atomic E-state index is 0.291. The highest BCUT2D eigenvalue weighted by Gasteiger charge is 2.25. The number of rotatable bonds is 6. The van der Waals surface area contributed by atoms with Crippen molar-refractivity contribution in [2.24, 2.45) is 0 Å². The summed E-state index contributed by atoms with van der Waals surface area (Å²) in [5.74, 6) is 0.666. The van der Waals surface area contributed by atoms with Crippen molar-refractivity contribution in [3.8, 4) is 22.5 Å². The van der Waals surface area contributed by atoms with Crippen LogP contribution >= 0.6 is 11.8 Å². The van der Waals surface area contributed by atoms with Gasteiger partial charge in [-0.1, -0.05) is 65.7 Å². The van der Waals surface area contributed by atoms with Crippen molar-refractivity contribution in [2.45, 2.75) is 39.5 Å². The number of nitrogens with one attached hydrogen (secondary N) is 1. The number of carbonyl (C=O) groups is 2. The molecule has 6 nitrogen and oxygen atoms in total. The van der Waals surface area contributed by atoms with Crippen LogP contribution in [0.3, 0.4) is 0 Å². The molecule has 3 heterocycles. The Bertz CT molecular complexity index is 1300. The van der Waals surface area contributed by atoms with Gasteiger partial charge in [0.25, 0.3) is 11.1 Å². The normalized spacial score (nSPS) is 16.5. The smallest absolute Gasteiger partial charge is 0.290 e. The first-order chi connectivity index (χ1) is 17.0. The summed E-state index contributed by atoms with van der Waals surface area (Å²) >= 11 is 0.975. The Kier molecular flexibility index (Phi) is 6.68. The number of hydrogen-bond acceptors (Lipinski definition) is 6. The van der Waals surface area contributed by atoms with Gasteiger partial charge in [-0.2, -0.15) is 0 Å². The van der Waals surface area contributed by atoms with Gasteiger partial charge in [0.1, 0.15) is 0 Å². The first-order valence-corrected chi connectivity index (χ1v) is 12.8. The Morgan fingerprint density at radius 3 is 2.17 bits per heavy atom. The number of nitrogens with zero attached hydrogens (tertiary/aromatic N) is 3. The minimum Gasteiger partial charge on any atom is -0.355 e. The van der Waals surface area contributed by atoms with Crippen LogP contribution in [0.4, 0.5) is 10.6 Å². The third kappa shape index (κ3) is 5.15. The first-order valence-electron chi connectivity index (χ1n) is 12.0. The second-order valence-electron chi connectivity index (χ2n) is 9.07. The highest BCUT2D eigenvalue weighted by atomic mass is 32.2. The molecule has 1 fully saturated rings. The SMILES string of the molecule is Cc1ccc(-c2nc3c(nc2-c2ccc(C)cc2)N(CCCC=C2SC(=O)NC2=O)CCC3)cc1. The number of anilines is 1. The number of carbonyl (C=O) groups excluding carboxylic acids is 2. The molecule has 0 aliphatic carbocycles. The number of thioether (sulfide) groups is 1. The van der Waals surface area contributed by atoms with Crippen LogP contribution in [0, 0.1) is 13.8 Å². The van der Waals surface area contributed by atoms with Gasteiger partial charge in [0.15, 0.2) is 5.82 Å². The van der Waals surface area contributed by atoms with E-state index in [1.54, 1.807) is 0 Å². The number of allylic oxidation sites excluding steroid dienone is 1. The van der Waals surface area contributed by atoms with Crippen LogP contribution in [-0.2, 0) is 11.2 Å². The average Bonchev–Trinajstić information content (AvgIpc) is 3.18. The molecule has 3 aromatic rings. The molecular formula is C28H28N4O2S. The zero-order valence-electron chi connectivity index (χ0n) is 20.0. The number of amides is 2. The van der Waals surface area contributed by atoms with Crippen LogP contribution < -0.4 is 10.2 Å². The maximum Gasteiger partial charge on any atom is 0.290 e. The predicted molar refractivity (Wildman–Crippen MR) is 141 cm³/mol. The van der Waals surface area contributed by atoms with Gasteiger partial charge >= 0.3 is 0 Å². The van der Waals surface area contributed by atoms with Crippen LogP contribution in [0.5, 0.6) is 0 Å². The fourth-order valence-electron chi connectivity index (χ4n) is 4.44. The molecule has 1 N–H and O–H groups in total. The van der Waals surface area contributed by atoms with Gasteiger partial charge in [-0.15, -0.1) is 0 Å². The highest BCUT2D eigenvalue weighted by molar-refractivity contribution is 8.18. The lowest BCUT2D eigenvalue weighted by Crippen LogP contribution is -2.32. The third-order valence-corrected chi connectivity index (χ3v) is 7.20. The molecule has 0 bridgehead atoms. The summed E-state index contributed by atoms with van der Waals surface area (Å²) in [5.41, 5.74) is 7.43. The molecule has 2 aromatic carbocycles. The number of imide groups is 1. The Hall–Kier alpha value is -3.45. The van der Waals surface area contributed by atoms with E-state index < -0.39 is 0 Å². The van der Waals surface area contributed by atoms with Crippen molar-refractivity contribution < 1.29 is 9.59 Å². The van der Waals surface area contributed by atoms with Crippen LogP contribution in [-0.4, -0.2) is 34.2 Å². The summed E-state index contributed by atoms with van der Waals surface area (Å²) in [5, 5.41) is 2.01. The van der Waals surface area contributed by atoms with E-state index in [1.165, 1.54) is 11.1 Å². The Labute approximate surface area is 209 Å². The second-order valence-corrected chi connectivity index (χ2v) is 10.1. The Morgan fingerprint density at radius 1 is 0.943 bits per heavy atom. The molecule has 2 amide bonds. The van der Waals surface area contributed by atoms with E-state index in [2.05, 4.69) is 72.6 Å². The lowest BCUT2D eigenvalue weighted by atomic mass is 10.0. The minimum atomic E-state index is -0.297. The zero-order valence-corrected chi connectivity index (χ0v) is 20.8. The molecule has 0 radical (unpaired) electrons. The molecule has 7 heteroatoms. The van der Waals surface area contributed by atoms with Crippen molar-refractivity contribution in [2.75, 3.05) is 18.0 Å². The van der Waals surface area contributed by atoms with Gasteiger partial charge in [-0.25, -0.2) is 9.97 Å². The first kappa shape index (κ1) is 23.3. The van der Waals surface area contributed by atoms with Crippen LogP contribution in [0.25, 0.3) is 22.5 Å². The summed E-state index contributed by atoms with van der Waals surface area (Å²) in [6.45, 7) is 5.93. The number of aromatic nitrogens is 2. The monoisotopic (exact) mass is 484 g/mol. The molecule has 1 aromatic heterocycles. The number of fused-ring (bicyclic) bond motifs is 1. The largest absolute Gasteiger partial charge is 0.355 e. The molecule has 1 saturated heterocycles. The van der Waals surface area contributed by atoms with E-state index in [9.17, 15) is 9.59 Å². The molecule has 0 unspecified atom stereocenters. The van der Waals surface area contributed by atoms with Crippen molar-refractivity contribution >= 4 is 28.7 Å². The standard InChI is InChI=1S/C28H28N4O2S/c1-18-8-12-20(13-9-18)24-25(21-14-10-19(2)11-15-21)30-26-22(29-24)6-5-17-32(26)16-4-3-7-23-27(33)31-28(34)35-23/h7-15H,3-6,16-17H2,1-2H3,(H,31,33,34). The molecule has 0 saturated carbocycles. The van der Waals surface area contributed by atoms with E-state index in [0.717, 1.165) is 84.6 Å². The van der Waals surface area contributed by atoms with Gasteiger partial charge in [0, 0.05) is 24.2 Å². The average molecular weight is 485 g/mol. The Balaban J connectivity index is 1.44. The van der Waals surface area contributed by atoms with Gasteiger partial charge in [-0.05, 0) is 51.3 Å². The van der Waals surface area contributed by atoms with Crippen LogP contribution in [0.15, 0.2) is 59.5 Å². The quantitative estimate of drug-likeness (QED) is 0.351. The second kappa shape index (κ2) is 10.0. The maximum absolute atomic E-state index is 11.8. The van der Waals surface area contributed by atoms with Crippen molar-refractivity contribution in [3.05, 3.63) is 76.3 Å². The van der Waals surface area contributed by atoms with Crippen molar-refractivity contribution in [3.63, 3.8) is 0 Å². The molecule has 2 aliphatic heterocycles. The molecule has 2 aliphatic rings. The summed E-state index contributed by atoms with van der Waals surface area (Å²) in [7, 11) is 0.